The van der Waals surface area contributed by atoms with Gasteiger partial charge in [-0.2, -0.15) is 0 Å². The quantitative estimate of drug-likeness (QED) is 0.212. The summed E-state index contributed by atoms with van der Waals surface area (Å²) in [4.78, 5) is 28.4. The van der Waals surface area contributed by atoms with E-state index in [-0.39, 0.29) is 24.1 Å². The van der Waals surface area contributed by atoms with E-state index in [1.807, 2.05) is 78.8 Å². The average molecular weight is 602 g/mol. The van der Waals surface area contributed by atoms with Gasteiger partial charge in [-0.25, -0.2) is 0 Å². The highest BCUT2D eigenvalue weighted by molar-refractivity contribution is 7.99. The number of fused-ring (bicyclic) bond motifs is 1. The zero-order valence-electron chi connectivity index (χ0n) is 24.5. The van der Waals surface area contributed by atoms with E-state index in [0.717, 1.165) is 17.8 Å². The molecule has 0 bridgehead atoms. The smallest absolute Gasteiger partial charge is 0.251 e. The van der Waals surface area contributed by atoms with Crippen molar-refractivity contribution in [2.75, 3.05) is 37.0 Å². The van der Waals surface area contributed by atoms with E-state index in [1.54, 1.807) is 12.1 Å². The summed E-state index contributed by atoms with van der Waals surface area (Å²) in [5.41, 5.74) is 3.35. The van der Waals surface area contributed by atoms with Crippen molar-refractivity contribution in [1.29, 1.82) is 0 Å². The lowest BCUT2D eigenvalue weighted by atomic mass is 10.1. The summed E-state index contributed by atoms with van der Waals surface area (Å²) in [6.07, 6.45) is 0.850. The zero-order chi connectivity index (χ0) is 30.2. The molecule has 1 aliphatic rings. The minimum Gasteiger partial charge on any atom is -0.490 e. The van der Waals surface area contributed by atoms with Gasteiger partial charge in [-0.05, 0) is 63.1 Å². The van der Waals surface area contributed by atoms with Gasteiger partial charge in [0.25, 0.3) is 5.91 Å². The summed E-state index contributed by atoms with van der Waals surface area (Å²) in [5.74, 6) is 1.77. The van der Waals surface area contributed by atoms with E-state index in [4.69, 9.17) is 14.2 Å². The van der Waals surface area contributed by atoms with Gasteiger partial charge in [-0.3, -0.25) is 14.2 Å². The molecule has 0 radical (unpaired) electrons. The maximum atomic E-state index is 13.3. The molecule has 2 heterocycles. The van der Waals surface area contributed by atoms with Crippen molar-refractivity contribution in [3.63, 3.8) is 0 Å². The normalized spacial score (nSPS) is 12.1. The first-order valence-corrected chi connectivity index (χ1v) is 15.4. The maximum absolute atomic E-state index is 13.3. The highest BCUT2D eigenvalue weighted by Crippen LogP contribution is 2.39. The third kappa shape index (κ3) is 6.77. The molecule has 43 heavy (non-hydrogen) atoms. The van der Waals surface area contributed by atoms with Gasteiger partial charge in [0.2, 0.25) is 11.7 Å². The van der Waals surface area contributed by atoms with Crippen LogP contribution in [0.4, 0.5) is 5.69 Å². The van der Waals surface area contributed by atoms with Crippen molar-refractivity contribution >= 4 is 29.3 Å². The standard InChI is InChI=1S/C32H35N5O5S/c1-4-40-26-18-23(19-27(41-5-2)30(26)42-6-3)31(39)33-20-28-34-35-32(37(28)24-13-8-7-9-14-24)43-21-29(38)36-17-16-22-12-10-11-15-25(22)36/h7-15,18-19H,4-6,16-17,20-21H2,1-3H3,(H,33,39). The molecular weight excluding hydrogens is 566 g/mol. The van der Waals surface area contributed by atoms with Crippen LogP contribution in [0.3, 0.4) is 0 Å². The maximum Gasteiger partial charge on any atom is 0.251 e. The Bertz CT molecular complexity index is 1550. The second kappa shape index (κ2) is 14.1. The Labute approximate surface area is 255 Å². The molecule has 0 atom stereocenters. The predicted octanol–water partition coefficient (Wildman–Crippen LogP) is 5.07. The summed E-state index contributed by atoms with van der Waals surface area (Å²) >= 11 is 1.32. The first-order valence-electron chi connectivity index (χ1n) is 14.4. The lowest BCUT2D eigenvalue weighted by Crippen LogP contribution is -2.30. The van der Waals surface area contributed by atoms with Crippen molar-refractivity contribution in [2.45, 2.75) is 38.9 Å². The Morgan fingerprint density at radius 3 is 2.26 bits per heavy atom. The van der Waals surface area contributed by atoms with Gasteiger partial charge in [0.1, 0.15) is 0 Å². The van der Waals surface area contributed by atoms with Gasteiger partial charge in [0.05, 0.1) is 32.1 Å². The van der Waals surface area contributed by atoms with Gasteiger partial charge >= 0.3 is 0 Å². The summed E-state index contributed by atoms with van der Waals surface area (Å²) in [6.45, 7) is 7.63. The van der Waals surface area contributed by atoms with Gasteiger partial charge in [0.15, 0.2) is 22.5 Å². The second-order valence-corrected chi connectivity index (χ2v) is 10.5. The first kappa shape index (κ1) is 30.0. The van der Waals surface area contributed by atoms with Gasteiger partial charge < -0.3 is 24.4 Å². The minimum atomic E-state index is -0.329. The molecule has 224 valence electrons. The van der Waals surface area contributed by atoms with Gasteiger partial charge in [-0.1, -0.05) is 48.2 Å². The number of nitrogens with one attached hydrogen (secondary N) is 1. The molecule has 1 N–H and O–H groups in total. The van der Waals surface area contributed by atoms with Crippen LogP contribution in [0.2, 0.25) is 0 Å². The van der Waals surface area contributed by atoms with Crippen LogP contribution in [-0.2, 0) is 17.8 Å². The fourth-order valence-corrected chi connectivity index (χ4v) is 5.77. The number of hydrogen-bond donors (Lipinski definition) is 1. The highest BCUT2D eigenvalue weighted by Gasteiger charge is 2.25. The summed E-state index contributed by atoms with van der Waals surface area (Å²) in [6, 6.07) is 20.9. The van der Waals surface area contributed by atoms with Crippen LogP contribution in [0.25, 0.3) is 5.69 Å². The van der Waals surface area contributed by atoms with E-state index in [0.29, 0.717) is 60.2 Å². The lowest BCUT2D eigenvalue weighted by molar-refractivity contribution is -0.116. The fraction of sp³-hybridized carbons (Fsp3) is 0.312. The van der Waals surface area contributed by atoms with Crippen molar-refractivity contribution in [3.8, 4) is 22.9 Å². The Kier molecular flexibility index (Phi) is 9.83. The van der Waals surface area contributed by atoms with Gasteiger partial charge in [-0.15, -0.1) is 10.2 Å². The van der Waals surface area contributed by atoms with Crippen molar-refractivity contribution < 1.29 is 23.8 Å². The lowest BCUT2D eigenvalue weighted by Gasteiger charge is -2.17. The molecule has 0 saturated heterocycles. The number of nitrogens with zero attached hydrogens (tertiary/aromatic N) is 4. The molecule has 3 aromatic carbocycles. The van der Waals surface area contributed by atoms with Crippen molar-refractivity contribution in [3.05, 3.63) is 83.7 Å². The van der Waals surface area contributed by atoms with Crippen LogP contribution in [0.1, 0.15) is 42.5 Å². The summed E-state index contributed by atoms with van der Waals surface area (Å²) < 4.78 is 19.2. The van der Waals surface area contributed by atoms with Crippen molar-refractivity contribution in [1.82, 2.24) is 20.1 Å². The van der Waals surface area contributed by atoms with Gasteiger partial charge in [0, 0.05) is 23.5 Å². The predicted molar refractivity (Wildman–Crippen MR) is 166 cm³/mol. The number of carbonyl (C=O) groups excluding carboxylic acids is 2. The molecule has 5 rings (SSSR count). The number of aromatic nitrogens is 3. The third-order valence-corrected chi connectivity index (χ3v) is 7.72. The molecule has 0 saturated carbocycles. The first-order chi connectivity index (χ1) is 21.0. The molecule has 1 aromatic heterocycles. The number of thioether (sulfide) groups is 1. The van der Waals surface area contributed by atoms with E-state index in [2.05, 4.69) is 21.6 Å². The van der Waals surface area contributed by atoms with Crippen LogP contribution >= 0.6 is 11.8 Å². The number of rotatable bonds is 13. The van der Waals surface area contributed by atoms with Crippen molar-refractivity contribution in [2.24, 2.45) is 0 Å². The SMILES string of the molecule is CCOc1cc(C(=O)NCc2nnc(SCC(=O)N3CCc4ccccc43)n2-c2ccccc2)cc(OCC)c1OCC. The largest absolute Gasteiger partial charge is 0.490 e. The van der Waals surface area contributed by atoms with E-state index in [9.17, 15) is 9.59 Å². The third-order valence-electron chi connectivity index (χ3n) is 6.81. The Morgan fingerprint density at radius 1 is 0.884 bits per heavy atom. The summed E-state index contributed by atoms with van der Waals surface area (Å²) in [7, 11) is 0. The number of carbonyl (C=O) groups is 2. The molecule has 0 spiro atoms. The number of hydrogen-bond acceptors (Lipinski definition) is 8. The average Bonchev–Trinajstić information content (AvgIpc) is 3.65. The second-order valence-electron chi connectivity index (χ2n) is 9.57. The number of amides is 2. The highest BCUT2D eigenvalue weighted by atomic mass is 32.2. The Morgan fingerprint density at radius 2 is 1.56 bits per heavy atom. The Hall–Kier alpha value is -4.51. The Balaban J connectivity index is 1.34. The summed E-state index contributed by atoms with van der Waals surface area (Å²) in [5, 5.41) is 12.3. The molecule has 4 aromatic rings. The molecule has 0 aliphatic carbocycles. The fourth-order valence-electron chi connectivity index (χ4n) is 4.93. The molecular formula is C32H35N5O5S. The molecule has 0 fully saturated rings. The minimum absolute atomic E-state index is 0.0121. The van der Waals surface area contributed by atoms with Crippen LogP contribution in [0.5, 0.6) is 17.2 Å². The molecule has 10 nitrogen and oxygen atoms in total. The molecule has 2 amide bonds. The number of para-hydroxylation sites is 2. The van der Waals surface area contributed by atoms with E-state index >= 15 is 0 Å². The molecule has 1 aliphatic heterocycles. The zero-order valence-corrected chi connectivity index (χ0v) is 25.4. The molecule has 0 unspecified atom stereocenters. The number of ether oxygens (including phenoxy) is 3. The molecule has 11 heteroatoms. The van der Waals surface area contributed by atoms with Crippen LogP contribution in [0, 0.1) is 0 Å². The monoisotopic (exact) mass is 601 g/mol. The van der Waals surface area contributed by atoms with Crippen LogP contribution in [0.15, 0.2) is 71.9 Å². The van der Waals surface area contributed by atoms with Crippen LogP contribution in [-0.4, -0.2) is 58.7 Å². The topological polar surface area (TPSA) is 108 Å². The van der Waals surface area contributed by atoms with E-state index in [1.165, 1.54) is 17.3 Å². The number of benzene rings is 3. The van der Waals surface area contributed by atoms with E-state index < -0.39 is 0 Å². The van der Waals surface area contributed by atoms with Crippen LogP contribution < -0.4 is 24.4 Å². The number of anilines is 1.